The molecule has 0 aromatic carbocycles. The van der Waals surface area contributed by atoms with E-state index in [0.717, 1.165) is 10.9 Å². The highest BCUT2D eigenvalue weighted by molar-refractivity contribution is 5.97. The third-order valence-electron chi connectivity index (χ3n) is 3.18. The third-order valence-corrected chi connectivity index (χ3v) is 3.18. The van der Waals surface area contributed by atoms with Crippen molar-refractivity contribution >= 4 is 11.9 Å². The third kappa shape index (κ3) is 5.30. The number of alkyl halides is 2. The van der Waals surface area contributed by atoms with E-state index in [1.807, 2.05) is 27.7 Å². The number of nitrogens with zero attached hydrogens (tertiary/aromatic N) is 2. The Morgan fingerprint density at radius 3 is 2.30 bits per heavy atom. The van der Waals surface area contributed by atoms with Gasteiger partial charge in [-0.1, -0.05) is 27.7 Å². The van der Waals surface area contributed by atoms with Gasteiger partial charge in [0.15, 0.2) is 0 Å². The molecule has 0 radical (unpaired) electrons. The van der Waals surface area contributed by atoms with Crippen molar-refractivity contribution < 1.29 is 23.5 Å². The number of carboxylic acids is 1. The summed E-state index contributed by atoms with van der Waals surface area (Å²) >= 11 is 0. The van der Waals surface area contributed by atoms with Crippen molar-refractivity contribution in [3.8, 4) is 0 Å². The monoisotopic (exact) mass is 331 g/mol. The van der Waals surface area contributed by atoms with Gasteiger partial charge in [0.1, 0.15) is 11.7 Å². The van der Waals surface area contributed by atoms with Crippen molar-refractivity contribution in [1.29, 1.82) is 0 Å². The molecule has 8 heteroatoms. The Morgan fingerprint density at radius 2 is 1.87 bits per heavy atom. The molecule has 0 aliphatic heterocycles. The highest BCUT2D eigenvalue weighted by atomic mass is 19.3. The fourth-order valence-electron chi connectivity index (χ4n) is 2.22. The maximum atomic E-state index is 13.3. The first-order valence-electron chi connectivity index (χ1n) is 7.51. The fraction of sp³-hybridized carbons (Fsp3) is 0.667. The molecule has 2 N–H and O–H groups in total. The maximum absolute atomic E-state index is 13.3. The summed E-state index contributed by atoms with van der Waals surface area (Å²) in [5.74, 6) is -1.92. The van der Waals surface area contributed by atoms with Crippen molar-refractivity contribution in [3.05, 3.63) is 17.5 Å². The number of aliphatic carboxylic acids is 1. The highest BCUT2D eigenvalue weighted by Gasteiger charge is 2.28. The highest BCUT2D eigenvalue weighted by Crippen LogP contribution is 2.24. The molecule has 0 saturated heterocycles. The summed E-state index contributed by atoms with van der Waals surface area (Å²) in [7, 11) is 0. The summed E-state index contributed by atoms with van der Waals surface area (Å²) in [4.78, 5) is 23.4. The second kappa shape index (κ2) is 8.03. The molecule has 0 spiro atoms. The minimum atomic E-state index is -2.87. The molecular weight excluding hydrogens is 308 g/mol. The lowest BCUT2D eigenvalue weighted by atomic mass is 10.0. The molecule has 1 aromatic rings. The first kappa shape index (κ1) is 19.1. The Kier molecular flexibility index (Phi) is 6.65. The largest absolute Gasteiger partial charge is 0.480 e. The van der Waals surface area contributed by atoms with Gasteiger partial charge < -0.3 is 10.4 Å². The second-order valence-corrected chi connectivity index (χ2v) is 6.31. The molecule has 0 unspecified atom stereocenters. The molecule has 0 fully saturated rings. The van der Waals surface area contributed by atoms with Crippen LogP contribution in [0.25, 0.3) is 0 Å². The van der Waals surface area contributed by atoms with Crippen molar-refractivity contribution in [3.63, 3.8) is 0 Å². The summed E-state index contributed by atoms with van der Waals surface area (Å²) in [5.41, 5.74) is -0.763. The van der Waals surface area contributed by atoms with E-state index in [2.05, 4.69) is 10.4 Å². The average Bonchev–Trinajstić information content (AvgIpc) is 2.80. The second-order valence-electron chi connectivity index (χ2n) is 6.31. The predicted octanol–water partition coefficient (Wildman–Crippen LogP) is 2.71. The molecule has 1 aromatic heterocycles. The number of carboxylic acid groups (broad SMARTS) is 1. The summed E-state index contributed by atoms with van der Waals surface area (Å²) in [6, 6.07) is -1.12. The van der Waals surface area contributed by atoms with Crippen LogP contribution >= 0.6 is 0 Å². The average molecular weight is 331 g/mol. The molecule has 1 amide bonds. The van der Waals surface area contributed by atoms with Gasteiger partial charge >= 0.3 is 5.97 Å². The first-order valence-corrected chi connectivity index (χ1v) is 7.51. The number of halogens is 2. The predicted molar refractivity (Wildman–Crippen MR) is 80.4 cm³/mol. The van der Waals surface area contributed by atoms with Crippen LogP contribution in [0.1, 0.15) is 56.6 Å². The van der Waals surface area contributed by atoms with Crippen LogP contribution in [0.15, 0.2) is 6.20 Å². The van der Waals surface area contributed by atoms with E-state index in [1.54, 1.807) is 0 Å². The summed E-state index contributed by atoms with van der Waals surface area (Å²) in [5, 5.41) is 15.3. The zero-order valence-corrected chi connectivity index (χ0v) is 13.7. The molecule has 0 aliphatic carbocycles. The van der Waals surface area contributed by atoms with Crippen molar-refractivity contribution in [2.24, 2.45) is 11.8 Å². The zero-order valence-electron chi connectivity index (χ0n) is 13.7. The molecule has 1 rings (SSSR count). The molecule has 23 heavy (non-hydrogen) atoms. The number of amides is 1. The number of carbonyl (C=O) groups excluding carboxylic acids is 1. The standard InChI is InChI=1S/C15H23F2N3O3/c1-8(2)5-11(15(22)23)19-14(21)10-6-18-20(7-9(3)4)12(10)13(16)17/h6,8-9,11,13H,5,7H2,1-4H3,(H,19,21)(H,22,23)/t11-/m1/s1. The van der Waals surface area contributed by atoms with Crippen LogP contribution in [0.3, 0.4) is 0 Å². The van der Waals surface area contributed by atoms with E-state index in [4.69, 9.17) is 5.11 Å². The van der Waals surface area contributed by atoms with Crippen LogP contribution in [0.4, 0.5) is 8.78 Å². The summed E-state index contributed by atoms with van der Waals surface area (Å²) < 4.78 is 27.7. The molecule has 130 valence electrons. The molecule has 6 nitrogen and oxygen atoms in total. The maximum Gasteiger partial charge on any atom is 0.326 e. The summed E-state index contributed by atoms with van der Waals surface area (Å²) in [6.07, 6.45) is -1.59. The summed E-state index contributed by atoms with van der Waals surface area (Å²) in [6.45, 7) is 7.57. The smallest absolute Gasteiger partial charge is 0.326 e. The van der Waals surface area contributed by atoms with Gasteiger partial charge in [0.2, 0.25) is 0 Å². The van der Waals surface area contributed by atoms with Gasteiger partial charge in [0.25, 0.3) is 12.3 Å². The van der Waals surface area contributed by atoms with Crippen LogP contribution < -0.4 is 5.32 Å². The number of hydrogen-bond donors (Lipinski definition) is 2. The quantitative estimate of drug-likeness (QED) is 0.767. The number of aromatic nitrogens is 2. The number of nitrogens with one attached hydrogen (secondary N) is 1. The Labute approximate surface area is 133 Å². The Bertz CT molecular complexity index is 556. The van der Waals surface area contributed by atoms with Crippen LogP contribution in [-0.2, 0) is 11.3 Å². The molecular formula is C15H23F2N3O3. The Balaban J connectivity index is 3.03. The lowest BCUT2D eigenvalue weighted by molar-refractivity contribution is -0.139. The van der Waals surface area contributed by atoms with E-state index in [9.17, 15) is 18.4 Å². The number of carbonyl (C=O) groups is 2. The van der Waals surface area contributed by atoms with E-state index in [0.29, 0.717) is 0 Å². The molecule has 0 saturated carbocycles. The lowest BCUT2D eigenvalue weighted by Gasteiger charge is -2.17. The zero-order chi connectivity index (χ0) is 17.7. The minimum Gasteiger partial charge on any atom is -0.480 e. The van der Waals surface area contributed by atoms with Crippen molar-refractivity contribution in [2.45, 2.75) is 53.1 Å². The van der Waals surface area contributed by atoms with E-state index < -0.39 is 30.0 Å². The van der Waals surface area contributed by atoms with Gasteiger partial charge in [0, 0.05) is 6.54 Å². The first-order chi connectivity index (χ1) is 10.6. The SMILES string of the molecule is CC(C)C[C@@H](NC(=O)c1cnn(CC(C)C)c1C(F)F)C(=O)O. The van der Waals surface area contributed by atoms with Gasteiger partial charge in [-0.15, -0.1) is 0 Å². The van der Waals surface area contributed by atoms with Crippen molar-refractivity contribution in [1.82, 2.24) is 15.1 Å². The van der Waals surface area contributed by atoms with Crippen molar-refractivity contribution in [2.75, 3.05) is 0 Å². The molecule has 1 atom stereocenters. The van der Waals surface area contributed by atoms with Crippen LogP contribution in [0.5, 0.6) is 0 Å². The molecule has 1 heterocycles. The van der Waals surface area contributed by atoms with Crippen LogP contribution in [0, 0.1) is 11.8 Å². The lowest BCUT2D eigenvalue weighted by Crippen LogP contribution is -2.41. The van der Waals surface area contributed by atoms with Gasteiger partial charge in [-0.3, -0.25) is 9.48 Å². The topological polar surface area (TPSA) is 84.2 Å². The fourth-order valence-corrected chi connectivity index (χ4v) is 2.22. The number of hydrogen-bond acceptors (Lipinski definition) is 3. The normalized spacial score (nSPS) is 12.9. The van der Waals surface area contributed by atoms with Crippen LogP contribution in [0.2, 0.25) is 0 Å². The Hall–Kier alpha value is -1.99. The Morgan fingerprint density at radius 1 is 1.26 bits per heavy atom. The molecule has 0 bridgehead atoms. The van der Waals surface area contributed by atoms with E-state index in [-0.39, 0.29) is 30.4 Å². The molecule has 0 aliphatic rings. The van der Waals surface area contributed by atoms with Gasteiger partial charge in [-0.2, -0.15) is 5.10 Å². The number of rotatable bonds is 8. The van der Waals surface area contributed by atoms with Crippen LogP contribution in [-0.4, -0.2) is 32.8 Å². The van der Waals surface area contributed by atoms with Gasteiger partial charge in [-0.25, -0.2) is 13.6 Å². The van der Waals surface area contributed by atoms with E-state index >= 15 is 0 Å². The minimum absolute atomic E-state index is 0.0367. The van der Waals surface area contributed by atoms with Gasteiger partial charge in [0.05, 0.1) is 11.8 Å². The van der Waals surface area contributed by atoms with Gasteiger partial charge in [-0.05, 0) is 18.3 Å². The van der Waals surface area contributed by atoms with E-state index in [1.165, 1.54) is 0 Å².